The molecular formula is C15H23NO. The van der Waals surface area contributed by atoms with Gasteiger partial charge in [0.15, 0.2) is 0 Å². The van der Waals surface area contributed by atoms with Crippen LogP contribution in [0.1, 0.15) is 51.2 Å². The van der Waals surface area contributed by atoms with Gasteiger partial charge in [0, 0.05) is 17.3 Å². The zero-order valence-corrected chi connectivity index (χ0v) is 10.8. The predicted molar refractivity (Wildman–Crippen MR) is 72.1 cm³/mol. The molecule has 1 saturated carbocycles. The molecule has 2 N–H and O–H groups in total. The molecule has 0 aliphatic heterocycles. The number of anilines is 1. The highest BCUT2D eigenvalue weighted by molar-refractivity contribution is 5.52. The number of para-hydroxylation sites is 1. The van der Waals surface area contributed by atoms with Gasteiger partial charge in [0.1, 0.15) is 0 Å². The largest absolute Gasteiger partial charge is 0.389 e. The summed E-state index contributed by atoms with van der Waals surface area (Å²) in [4.78, 5) is 0. The van der Waals surface area contributed by atoms with Crippen molar-refractivity contribution in [1.29, 1.82) is 0 Å². The molecule has 2 rings (SSSR count). The number of aliphatic hydroxyl groups is 1. The Morgan fingerprint density at radius 2 is 2.12 bits per heavy atom. The highest BCUT2D eigenvalue weighted by Crippen LogP contribution is 2.32. The maximum Gasteiger partial charge on any atom is 0.0781 e. The summed E-state index contributed by atoms with van der Waals surface area (Å²) in [6.07, 6.45) is 4.75. The van der Waals surface area contributed by atoms with Gasteiger partial charge in [-0.15, -0.1) is 0 Å². The molecule has 94 valence electrons. The molecule has 1 aliphatic rings. The van der Waals surface area contributed by atoms with Crippen LogP contribution >= 0.6 is 0 Å². The zero-order valence-electron chi connectivity index (χ0n) is 10.8. The lowest BCUT2D eigenvalue weighted by atomic mass is 10.0. The summed E-state index contributed by atoms with van der Waals surface area (Å²) < 4.78 is 0. The van der Waals surface area contributed by atoms with Crippen molar-refractivity contribution in [3.63, 3.8) is 0 Å². The molecule has 1 aromatic rings. The first-order valence-electron chi connectivity index (χ1n) is 6.74. The summed E-state index contributed by atoms with van der Waals surface area (Å²) in [6, 6.07) is 8.66. The Hall–Kier alpha value is -1.02. The van der Waals surface area contributed by atoms with Crippen molar-refractivity contribution in [1.82, 2.24) is 0 Å². The molecule has 3 unspecified atom stereocenters. The normalized spacial score (nSPS) is 25.8. The van der Waals surface area contributed by atoms with Gasteiger partial charge in [0.25, 0.3) is 0 Å². The summed E-state index contributed by atoms with van der Waals surface area (Å²) in [7, 11) is 0. The quantitative estimate of drug-likeness (QED) is 0.830. The van der Waals surface area contributed by atoms with Crippen molar-refractivity contribution in [2.75, 3.05) is 5.32 Å². The van der Waals surface area contributed by atoms with Crippen molar-refractivity contribution in [3.05, 3.63) is 29.8 Å². The monoisotopic (exact) mass is 233 g/mol. The Morgan fingerprint density at radius 1 is 1.35 bits per heavy atom. The lowest BCUT2D eigenvalue weighted by molar-refractivity contribution is 0.200. The second-order valence-electron chi connectivity index (χ2n) is 5.19. The van der Waals surface area contributed by atoms with Crippen LogP contribution in [0.25, 0.3) is 0 Å². The highest BCUT2D eigenvalue weighted by Gasteiger charge is 2.23. The summed E-state index contributed by atoms with van der Waals surface area (Å²) in [5.74, 6) is 0.881. The van der Waals surface area contributed by atoms with Crippen molar-refractivity contribution in [2.45, 2.75) is 51.7 Å². The number of hydrogen-bond acceptors (Lipinski definition) is 2. The molecule has 0 spiro atoms. The SMILES string of the molecule is CCC1CCC(Nc2ccccc2C(C)O)C1. The van der Waals surface area contributed by atoms with Crippen LogP contribution < -0.4 is 5.32 Å². The van der Waals surface area contributed by atoms with E-state index in [0.29, 0.717) is 6.04 Å². The Morgan fingerprint density at radius 3 is 2.76 bits per heavy atom. The topological polar surface area (TPSA) is 32.3 Å². The van der Waals surface area contributed by atoms with Crippen LogP contribution in [0.15, 0.2) is 24.3 Å². The van der Waals surface area contributed by atoms with Gasteiger partial charge in [-0.3, -0.25) is 0 Å². The first-order valence-corrected chi connectivity index (χ1v) is 6.74. The number of rotatable bonds is 4. The number of nitrogens with one attached hydrogen (secondary N) is 1. The fourth-order valence-electron chi connectivity index (χ4n) is 2.79. The second-order valence-corrected chi connectivity index (χ2v) is 5.19. The van der Waals surface area contributed by atoms with E-state index in [1.807, 2.05) is 25.1 Å². The van der Waals surface area contributed by atoms with Gasteiger partial charge >= 0.3 is 0 Å². The Labute approximate surface area is 104 Å². The molecule has 0 amide bonds. The third-order valence-electron chi connectivity index (χ3n) is 3.89. The standard InChI is InChI=1S/C15H23NO/c1-3-12-8-9-13(10-12)16-15-7-5-4-6-14(15)11(2)17/h4-7,11-13,16-17H,3,8-10H2,1-2H3. The third-order valence-corrected chi connectivity index (χ3v) is 3.89. The molecule has 0 bridgehead atoms. The van der Waals surface area contributed by atoms with E-state index in [9.17, 15) is 5.11 Å². The minimum Gasteiger partial charge on any atom is -0.389 e. The van der Waals surface area contributed by atoms with Gasteiger partial charge in [-0.05, 0) is 38.2 Å². The van der Waals surface area contributed by atoms with Gasteiger partial charge in [-0.2, -0.15) is 0 Å². The summed E-state index contributed by atoms with van der Waals surface area (Å²) in [5.41, 5.74) is 2.11. The fourth-order valence-corrected chi connectivity index (χ4v) is 2.79. The molecule has 1 fully saturated rings. The Kier molecular flexibility index (Phi) is 4.06. The highest BCUT2D eigenvalue weighted by atomic mass is 16.3. The maximum absolute atomic E-state index is 9.74. The lowest BCUT2D eigenvalue weighted by Crippen LogP contribution is -2.17. The smallest absolute Gasteiger partial charge is 0.0781 e. The van der Waals surface area contributed by atoms with Crippen molar-refractivity contribution >= 4 is 5.69 Å². The van der Waals surface area contributed by atoms with Gasteiger partial charge in [0.05, 0.1) is 6.10 Å². The van der Waals surface area contributed by atoms with E-state index in [2.05, 4.69) is 18.3 Å². The molecule has 3 atom stereocenters. The lowest BCUT2D eigenvalue weighted by Gasteiger charge is -2.18. The minimum absolute atomic E-state index is 0.401. The second kappa shape index (κ2) is 5.54. The molecule has 1 aliphatic carbocycles. The summed E-state index contributed by atoms with van der Waals surface area (Å²) in [6.45, 7) is 4.10. The summed E-state index contributed by atoms with van der Waals surface area (Å²) >= 11 is 0. The fraction of sp³-hybridized carbons (Fsp3) is 0.600. The van der Waals surface area contributed by atoms with Crippen LogP contribution in [-0.2, 0) is 0 Å². The first-order chi connectivity index (χ1) is 8.20. The molecule has 0 heterocycles. The van der Waals surface area contributed by atoms with E-state index < -0.39 is 6.10 Å². The maximum atomic E-state index is 9.74. The Bertz CT molecular complexity index is 362. The van der Waals surface area contributed by atoms with Gasteiger partial charge in [0.2, 0.25) is 0 Å². The first kappa shape index (κ1) is 12.4. The van der Waals surface area contributed by atoms with E-state index in [1.165, 1.54) is 25.7 Å². The van der Waals surface area contributed by atoms with E-state index in [0.717, 1.165) is 17.2 Å². The molecular weight excluding hydrogens is 210 g/mol. The predicted octanol–water partition coefficient (Wildman–Crippen LogP) is 3.73. The number of benzene rings is 1. The molecule has 2 heteroatoms. The summed E-state index contributed by atoms with van der Waals surface area (Å²) in [5, 5.41) is 13.3. The van der Waals surface area contributed by atoms with Gasteiger partial charge < -0.3 is 10.4 Å². The van der Waals surface area contributed by atoms with E-state index in [1.54, 1.807) is 0 Å². The molecule has 0 saturated heterocycles. The zero-order chi connectivity index (χ0) is 12.3. The third kappa shape index (κ3) is 3.01. The minimum atomic E-state index is -0.401. The van der Waals surface area contributed by atoms with Crippen LogP contribution in [0, 0.1) is 5.92 Å². The molecule has 1 aromatic carbocycles. The molecule has 2 nitrogen and oxygen atoms in total. The number of aliphatic hydroxyl groups excluding tert-OH is 1. The van der Waals surface area contributed by atoms with Crippen molar-refractivity contribution in [3.8, 4) is 0 Å². The molecule has 17 heavy (non-hydrogen) atoms. The van der Waals surface area contributed by atoms with E-state index in [4.69, 9.17) is 0 Å². The van der Waals surface area contributed by atoms with Crippen molar-refractivity contribution in [2.24, 2.45) is 5.92 Å². The van der Waals surface area contributed by atoms with Crippen molar-refractivity contribution < 1.29 is 5.11 Å². The van der Waals surface area contributed by atoms with Crippen LogP contribution in [-0.4, -0.2) is 11.1 Å². The van der Waals surface area contributed by atoms with Crippen LogP contribution in [0.2, 0.25) is 0 Å². The molecule has 0 radical (unpaired) electrons. The Balaban J connectivity index is 2.04. The van der Waals surface area contributed by atoms with Gasteiger partial charge in [-0.1, -0.05) is 31.5 Å². The van der Waals surface area contributed by atoms with E-state index >= 15 is 0 Å². The van der Waals surface area contributed by atoms with E-state index in [-0.39, 0.29) is 0 Å². The van der Waals surface area contributed by atoms with Gasteiger partial charge in [-0.25, -0.2) is 0 Å². The van der Waals surface area contributed by atoms with Crippen LogP contribution in [0.4, 0.5) is 5.69 Å². The van der Waals surface area contributed by atoms with Crippen LogP contribution in [0.5, 0.6) is 0 Å². The molecule has 0 aromatic heterocycles. The van der Waals surface area contributed by atoms with Crippen LogP contribution in [0.3, 0.4) is 0 Å². The average molecular weight is 233 g/mol. The number of hydrogen-bond donors (Lipinski definition) is 2. The average Bonchev–Trinajstić information content (AvgIpc) is 2.77.